The third-order valence-corrected chi connectivity index (χ3v) is 4.32. The van der Waals surface area contributed by atoms with Crippen LogP contribution in [0.5, 0.6) is 11.5 Å². The molecule has 0 saturated heterocycles. The summed E-state index contributed by atoms with van der Waals surface area (Å²) in [5.74, 6) is 1.04. The fourth-order valence-electron chi connectivity index (χ4n) is 2.56. The Kier molecular flexibility index (Phi) is 5.14. The first-order valence-corrected chi connectivity index (χ1v) is 7.97. The Morgan fingerprint density at radius 3 is 2.52 bits per heavy atom. The minimum Gasteiger partial charge on any atom is -0.493 e. The number of benzene rings is 1. The molecule has 1 unspecified atom stereocenters. The Labute approximate surface area is 133 Å². The molecule has 2 rings (SSSR count). The lowest BCUT2D eigenvalue weighted by Crippen LogP contribution is -2.11. The monoisotopic (exact) mass is 356 g/mol. The average Bonchev–Trinajstić information content (AvgIpc) is 3.21. The number of ether oxygens (including phenoxy) is 2. The maximum absolute atomic E-state index is 11.1. The van der Waals surface area contributed by atoms with Gasteiger partial charge in [-0.25, -0.2) is 0 Å². The molecule has 4 nitrogen and oxygen atoms in total. The van der Waals surface area contributed by atoms with Crippen LogP contribution in [0.2, 0.25) is 0 Å². The largest absolute Gasteiger partial charge is 0.493 e. The van der Waals surface area contributed by atoms with E-state index in [0.29, 0.717) is 17.4 Å². The molecular formula is C16H21BrO4. The molecule has 0 radical (unpaired) electrons. The van der Waals surface area contributed by atoms with Crippen molar-refractivity contribution in [1.82, 2.24) is 0 Å². The number of carbonyl (C=O) groups is 1. The van der Waals surface area contributed by atoms with E-state index in [2.05, 4.69) is 15.9 Å². The van der Waals surface area contributed by atoms with Crippen molar-refractivity contribution in [2.75, 3.05) is 7.11 Å². The van der Waals surface area contributed by atoms with Crippen LogP contribution in [0.3, 0.4) is 0 Å². The Balaban J connectivity index is 2.38. The number of aliphatic carboxylic acids is 1. The van der Waals surface area contributed by atoms with Gasteiger partial charge in [0.05, 0.1) is 19.6 Å². The highest BCUT2D eigenvalue weighted by Gasteiger charge is 2.35. The first kappa shape index (κ1) is 16.1. The van der Waals surface area contributed by atoms with Gasteiger partial charge in [-0.05, 0) is 56.2 Å². The lowest BCUT2D eigenvalue weighted by atomic mass is 9.90. The number of hydrogen-bond donors (Lipinski definition) is 1. The van der Waals surface area contributed by atoms with Crippen LogP contribution in [0.15, 0.2) is 16.6 Å². The normalized spacial score (nSPS) is 15.9. The maximum Gasteiger partial charge on any atom is 0.303 e. The molecule has 0 bridgehead atoms. The summed E-state index contributed by atoms with van der Waals surface area (Å²) in [6.45, 7) is 3.91. The molecule has 0 aliphatic heterocycles. The molecule has 116 valence electrons. The first-order chi connectivity index (χ1) is 9.92. The van der Waals surface area contributed by atoms with Crippen LogP contribution in [-0.4, -0.2) is 24.3 Å². The number of hydrogen-bond acceptors (Lipinski definition) is 3. The second-order valence-corrected chi connectivity index (χ2v) is 6.59. The minimum absolute atomic E-state index is 0.0253. The molecule has 1 saturated carbocycles. The lowest BCUT2D eigenvalue weighted by molar-refractivity contribution is -0.137. The number of carboxylic acid groups (broad SMARTS) is 1. The van der Waals surface area contributed by atoms with Crippen LogP contribution in [0, 0.1) is 5.92 Å². The van der Waals surface area contributed by atoms with E-state index in [-0.39, 0.29) is 18.4 Å². The molecule has 21 heavy (non-hydrogen) atoms. The smallest absolute Gasteiger partial charge is 0.303 e. The Bertz CT molecular complexity index is 523. The molecule has 0 spiro atoms. The SMILES string of the molecule is COc1cc(Br)c(C(CC(=O)O)C2CC2)cc1OC(C)C. The van der Waals surface area contributed by atoms with Gasteiger partial charge in [-0.2, -0.15) is 0 Å². The maximum atomic E-state index is 11.1. The molecular weight excluding hydrogens is 336 g/mol. The van der Waals surface area contributed by atoms with Crippen molar-refractivity contribution in [3.8, 4) is 11.5 Å². The summed E-state index contributed by atoms with van der Waals surface area (Å²) in [5, 5.41) is 9.16. The zero-order chi connectivity index (χ0) is 15.6. The fraction of sp³-hybridized carbons (Fsp3) is 0.562. The Hall–Kier alpha value is -1.23. The summed E-state index contributed by atoms with van der Waals surface area (Å²) >= 11 is 3.55. The Morgan fingerprint density at radius 1 is 1.38 bits per heavy atom. The van der Waals surface area contributed by atoms with Crippen molar-refractivity contribution in [2.45, 2.75) is 45.1 Å². The molecule has 1 fully saturated rings. The van der Waals surface area contributed by atoms with Gasteiger partial charge in [0.15, 0.2) is 11.5 Å². The molecule has 1 aliphatic carbocycles. The highest BCUT2D eigenvalue weighted by atomic mass is 79.9. The molecule has 0 amide bonds. The predicted molar refractivity (Wildman–Crippen MR) is 84.2 cm³/mol. The van der Waals surface area contributed by atoms with Gasteiger partial charge in [-0.3, -0.25) is 4.79 Å². The molecule has 1 aromatic rings. The number of rotatable bonds is 7. The molecule has 1 aromatic carbocycles. The molecule has 1 N–H and O–H groups in total. The van der Waals surface area contributed by atoms with Crippen LogP contribution < -0.4 is 9.47 Å². The van der Waals surface area contributed by atoms with Gasteiger partial charge in [0, 0.05) is 4.47 Å². The zero-order valence-electron chi connectivity index (χ0n) is 12.6. The summed E-state index contributed by atoms with van der Waals surface area (Å²) in [6, 6.07) is 3.79. The predicted octanol–water partition coefficient (Wildman–Crippen LogP) is 4.21. The zero-order valence-corrected chi connectivity index (χ0v) is 14.1. The van der Waals surface area contributed by atoms with Gasteiger partial charge in [-0.1, -0.05) is 15.9 Å². The average molecular weight is 357 g/mol. The van der Waals surface area contributed by atoms with Gasteiger partial charge in [0.25, 0.3) is 0 Å². The molecule has 0 heterocycles. The highest BCUT2D eigenvalue weighted by molar-refractivity contribution is 9.10. The summed E-state index contributed by atoms with van der Waals surface area (Å²) in [5.41, 5.74) is 0.997. The van der Waals surface area contributed by atoms with E-state index in [1.807, 2.05) is 26.0 Å². The fourth-order valence-corrected chi connectivity index (χ4v) is 3.17. The third kappa shape index (κ3) is 4.13. The summed E-state index contributed by atoms with van der Waals surface area (Å²) in [4.78, 5) is 11.1. The van der Waals surface area contributed by atoms with Crippen molar-refractivity contribution in [3.63, 3.8) is 0 Å². The van der Waals surface area contributed by atoms with Gasteiger partial charge >= 0.3 is 5.97 Å². The van der Waals surface area contributed by atoms with Crippen LogP contribution >= 0.6 is 15.9 Å². The molecule has 5 heteroatoms. The summed E-state index contributed by atoms with van der Waals surface area (Å²) < 4.78 is 12.0. The van der Waals surface area contributed by atoms with E-state index in [1.165, 1.54) is 0 Å². The molecule has 1 aliphatic rings. The second kappa shape index (κ2) is 6.69. The van der Waals surface area contributed by atoms with E-state index < -0.39 is 5.97 Å². The van der Waals surface area contributed by atoms with Crippen LogP contribution in [0.25, 0.3) is 0 Å². The van der Waals surface area contributed by atoms with E-state index in [0.717, 1.165) is 22.9 Å². The Morgan fingerprint density at radius 2 is 2.05 bits per heavy atom. The van der Waals surface area contributed by atoms with E-state index >= 15 is 0 Å². The number of halogens is 1. The van der Waals surface area contributed by atoms with Crippen LogP contribution in [0.4, 0.5) is 0 Å². The van der Waals surface area contributed by atoms with Crippen LogP contribution in [-0.2, 0) is 4.79 Å². The number of carboxylic acids is 1. The topological polar surface area (TPSA) is 55.8 Å². The third-order valence-electron chi connectivity index (χ3n) is 3.63. The standard InChI is InChI=1S/C16H21BrO4/c1-9(2)21-15-6-12(13(17)8-14(15)20-3)11(7-16(18)19)10-4-5-10/h6,8-11H,4-5,7H2,1-3H3,(H,18,19). The van der Waals surface area contributed by atoms with E-state index in [9.17, 15) is 4.79 Å². The van der Waals surface area contributed by atoms with Crippen molar-refractivity contribution < 1.29 is 19.4 Å². The van der Waals surface area contributed by atoms with Crippen molar-refractivity contribution in [2.24, 2.45) is 5.92 Å². The lowest BCUT2D eigenvalue weighted by Gasteiger charge is -2.20. The van der Waals surface area contributed by atoms with Crippen LogP contribution in [0.1, 0.15) is 44.6 Å². The van der Waals surface area contributed by atoms with Gasteiger partial charge in [-0.15, -0.1) is 0 Å². The summed E-state index contributed by atoms with van der Waals surface area (Å²) in [7, 11) is 1.60. The van der Waals surface area contributed by atoms with Gasteiger partial charge in [0.1, 0.15) is 0 Å². The van der Waals surface area contributed by atoms with Gasteiger partial charge in [0.2, 0.25) is 0 Å². The molecule has 0 aromatic heterocycles. The van der Waals surface area contributed by atoms with E-state index in [4.69, 9.17) is 14.6 Å². The quantitative estimate of drug-likeness (QED) is 0.794. The van der Waals surface area contributed by atoms with Gasteiger partial charge < -0.3 is 14.6 Å². The number of methoxy groups -OCH3 is 1. The second-order valence-electron chi connectivity index (χ2n) is 5.73. The van der Waals surface area contributed by atoms with Crippen molar-refractivity contribution in [3.05, 3.63) is 22.2 Å². The highest BCUT2D eigenvalue weighted by Crippen LogP contribution is 2.48. The van der Waals surface area contributed by atoms with Crippen molar-refractivity contribution >= 4 is 21.9 Å². The minimum atomic E-state index is -0.763. The molecule has 1 atom stereocenters. The van der Waals surface area contributed by atoms with Crippen molar-refractivity contribution in [1.29, 1.82) is 0 Å². The van der Waals surface area contributed by atoms with E-state index in [1.54, 1.807) is 7.11 Å². The summed E-state index contributed by atoms with van der Waals surface area (Å²) in [6.07, 6.45) is 2.37. The first-order valence-electron chi connectivity index (χ1n) is 7.18.